The topological polar surface area (TPSA) is 83.2 Å². The predicted octanol–water partition coefficient (Wildman–Crippen LogP) is 4.95. The molecule has 0 saturated carbocycles. The van der Waals surface area contributed by atoms with Gasteiger partial charge in [-0.25, -0.2) is 0 Å². The van der Waals surface area contributed by atoms with Crippen molar-refractivity contribution in [2.45, 2.75) is 18.9 Å². The minimum Gasteiger partial charge on any atom is -0.497 e. The number of benzene rings is 3. The first kappa shape index (κ1) is 21.4. The van der Waals surface area contributed by atoms with Crippen molar-refractivity contribution in [3.05, 3.63) is 93.0 Å². The molecule has 1 atom stereocenters. The van der Waals surface area contributed by atoms with Crippen LogP contribution in [0.25, 0.3) is 0 Å². The van der Waals surface area contributed by atoms with Gasteiger partial charge in [0.2, 0.25) is 0 Å². The Morgan fingerprint density at radius 2 is 1.59 bits per heavy atom. The molecule has 0 bridgehead atoms. The number of nitro benzene ring substituents is 1. The van der Waals surface area contributed by atoms with E-state index in [0.717, 1.165) is 40.1 Å². The number of rotatable bonds is 7. The quantitative estimate of drug-likeness (QED) is 0.390. The van der Waals surface area contributed by atoms with Crippen molar-refractivity contribution in [3.8, 4) is 17.2 Å². The first-order chi connectivity index (χ1) is 15.5. The molecule has 1 aliphatic heterocycles. The van der Waals surface area contributed by atoms with Gasteiger partial charge in [-0.3, -0.25) is 15.1 Å². The Hall–Kier alpha value is -3.87. The average Bonchev–Trinajstić information content (AvgIpc) is 2.83. The van der Waals surface area contributed by atoms with Crippen molar-refractivity contribution in [3.63, 3.8) is 0 Å². The number of fused-ring (bicyclic) bond motifs is 1. The molecule has 3 aromatic carbocycles. The highest BCUT2D eigenvalue weighted by atomic mass is 16.6. The number of methoxy groups -OCH3 is 3. The van der Waals surface area contributed by atoms with Gasteiger partial charge in [0.05, 0.1) is 32.3 Å². The minimum absolute atomic E-state index is 0.0560. The third kappa shape index (κ3) is 4.27. The number of nitro groups is 1. The van der Waals surface area contributed by atoms with E-state index in [1.807, 2.05) is 36.4 Å². The average molecular weight is 432 g/mol. The second-order valence-electron chi connectivity index (χ2n) is 7.53. The van der Waals surface area contributed by atoms with E-state index in [1.165, 1.54) is 12.1 Å². The Bertz CT molecular complexity index is 1150. The molecular weight excluding hydrogens is 408 g/mol. The van der Waals surface area contributed by atoms with Gasteiger partial charge in [-0.2, -0.15) is 0 Å². The molecule has 1 aliphatic rings. The van der Waals surface area contributed by atoms with E-state index in [4.69, 9.17) is 19.2 Å². The summed E-state index contributed by atoms with van der Waals surface area (Å²) in [6.45, 7) is 0. The number of hydrogen-bond donors (Lipinski definition) is 0. The number of aliphatic imine (C=N–C) groups is 1. The van der Waals surface area contributed by atoms with E-state index in [0.29, 0.717) is 17.9 Å². The smallest absolute Gasteiger partial charge is 0.269 e. The Kier molecular flexibility index (Phi) is 6.07. The number of nitrogens with zero attached hydrogens (tertiary/aromatic N) is 2. The van der Waals surface area contributed by atoms with Crippen LogP contribution in [-0.4, -0.2) is 32.0 Å². The second kappa shape index (κ2) is 9.09. The molecule has 164 valence electrons. The van der Waals surface area contributed by atoms with Crippen LogP contribution in [0.1, 0.15) is 28.3 Å². The first-order valence-electron chi connectivity index (χ1n) is 10.2. The normalized spacial score (nSPS) is 14.8. The van der Waals surface area contributed by atoms with E-state index in [2.05, 4.69) is 0 Å². The van der Waals surface area contributed by atoms with Gasteiger partial charge in [-0.15, -0.1) is 0 Å². The molecule has 7 heteroatoms. The molecule has 0 spiro atoms. The van der Waals surface area contributed by atoms with E-state index >= 15 is 0 Å². The zero-order chi connectivity index (χ0) is 22.7. The fourth-order valence-corrected chi connectivity index (χ4v) is 3.96. The lowest BCUT2D eigenvalue weighted by Crippen LogP contribution is -2.18. The maximum atomic E-state index is 11.0. The van der Waals surface area contributed by atoms with Crippen LogP contribution in [0, 0.1) is 10.1 Å². The zero-order valence-electron chi connectivity index (χ0n) is 18.2. The summed E-state index contributed by atoms with van der Waals surface area (Å²) in [4.78, 5) is 15.7. The van der Waals surface area contributed by atoms with Crippen molar-refractivity contribution in [1.29, 1.82) is 0 Å². The van der Waals surface area contributed by atoms with Crippen molar-refractivity contribution in [2.24, 2.45) is 4.99 Å². The Labute approximate surface area is 186 Å². The molecule has 0 radical (unpaired) electrons. The molecule has 32 heavy (non-hydrogen) atoms. The van der Waals surface area contributed by atoms with E-state index in [1.54, 1.807) is 33.5 Å². The Morgan fingerprint density at radius 1 is 0.938 bits per heavy atom. The maximum absolute atomic E-state index is 11.0. The molecule has 0 N–H and O–H groups in total. The van der Waals surface area contributed by atoms with Crippen LogP contribution in [-0.2, 0) is 12.8 Å². The van der Waals surface area contributed by atoms with Crippen LogP contribution in [0.15, 0.2) is 65.7 Å². The van der Waals surface area contributed by atoms with Crippen LogP contribution in [0.2, 0.25) is 0 Å². The zero-order valence-corrected chi connectivity index (χ0v) is 18.2. The lowest BCUT2D eigenvalue weighted by Gasteiger charge is -2.25. The Morgan fingerprint density at radius 3 is 2.19 bits per heavy atom. The number of non-ortho nitro benzene ring substituents is 1. The molecule has 3 aromatic rings. The van der Waals surface area contributed by atoms with E-state index < -0.39 is 4.92 Å². The van der Waals surface area contributed by atoms with Crippen molar-refractivity contribution in [2.75, 3.05) is 21.3 Å². The molecule has 0 fully saturated rings. The fourth-order valence-electron chi connectivity index (χ4n) is 3.96. The molecule has 0 amide bonds. The highest BCUT2D eigenvalue weighted by molar-refractivity contribution is 6.04. The molecule has 0 aliphatic carbocycles. The number of hydrogen-bond acceptors (Lipinski definition) is 6. The van der Waals surface area contributed by atoms with Crippen molar-refractivity contribution in [1.82, 2.24) is 0 Å². The third-order valence-corrected chi connectivity index (χ3v) is 5.66. The predicted molar refractivity (Wildman–Crippen MR) is 122 cm³/mol. The summed E-state index contributed by atoms with van der Waals surface area (Å²) in [5.41, 5.74) is 5.14. The molecule has 1 heterocycles. The van der Waals surface area contributed by atoms with E-state index in [-0.39, 0.29) is 11.7 Å². The van der Waals surface area contributed by atoms with Gasteiger partial charge >= 0.3 is 0 Å². The minimum atomic E-state index is -0.395. The molecule has 0 aromatic heterocycles. The standard InChI is InChI=1S/C25H24N2O5/c1-30-20-10-6-17(7-11-20)22-13-18-14-24(31-2)25(32-3)15-21(18)23(26-22)12-16-4-8-19(9-5-16)27(28)29/h4-11,14-15,22H,12-13H2,1-3H3. The van der Waals surface area contributed by atoms with Crippen LogP contribution < -0.4 is 14.2 Å². The molecule has 0 saturated heterocycles. The molecule has 4 rings (SSSR count). The monoisotopic (exact) mass is 432 g/mol. The maximum Gasteiger partial charge on any atom is 0.269 e. The highest BCUT2D eigenvalue weighted by Gasteiger charge is 2.25. The van der Waals surface area contributed by atoms with Gasteiger partial charge in [0.1, 0.15) is 5.75 Å². The van der Waals surface area contributed by atoms with Crippen LogP contribution in [0.5, 0.6) is 17.2 Å². The van der Waals surface area contributed by atoms with Gasteiger partial charge in [0.15, 0.2) is 11.5 Å². The lowest BCUT2D eigenvalue weighted by molar-refractivity contribution is -0.384. The summed E-state index contributed by atoms with van der Waals surface area (Å²) < 4.78 is 16.3. The molecular formula is C25H24N2O5. The number of ether oxygens (including phenoxy) is 3. The molecule has 7 nitrogen and oxygen atoms in total. The van der Waals surface area contributed by atoms with Crippen LogP contribution in [0.3, 0.4) is 0 Å². The van der Waals surface area contributed by atoms with Crippen LogP contribution in [0.4, 0.5) is 5.69 Å². The summed E-state index contributed by atoms with van der Waals surface area (Å²) in [7, 11) is 4.88. The SMILES string of the molecule is COc1ccc(C2Cc3cc(OC)c(OC)cc3C(Cc3ccc([N+](=O)[O-])cc3)=N2)cc1. The van der Waals surface area contributed by atoms with Gasteiger partial charge in [0.25, 0.3) is 5.69 Å². The molecule has 1 unspecified atom stereocenters. The summed E-state index contributed by atoms with van der Waals surface area (Å²) >= 11 is 0. The van der Waals surface area contributed by atoms with Crippen molar-refractivity contribution < 1.29 is 19.1 Å². The lowest BCUT2D eigenvalue weighted by atomic mass is 9.88. The van der Waals surface area contributed by atoms with Gasteiger partial charge in [-0.1, -0.05) is 24.3 Å². The third-order valence-electron chi connectivity index (χ3n) is 5.66. The van der Waals surface area contributed by atoms with Crippen LogP contribution >= 0.6 is 0 Å². The second-order valence-corrected chi connectivity index (χ2v) is 7.53. The fraction of sp³-hybridized carbons (Fsp3) is 0.240. The summed E-state index contributed by atoms with van der Waals surface area (Å²) in [6, 6.07) is 18.4. The highest BCUT2D eigenvalue weighted by Crippen LogP contribution is 2.38. The summed E-state index contributed by atoms with van der Waals surface area (Å²) in [5, 5.41) is 11.0. The van der Waals surface area contributed by atoms with Crippen molar-refractivity contribution >= 4 is 11.4 Å². The van der Waals surface area contributed by atoms with Gasteiger partial charge in [-0.05, 0) is 47.4 Å². The summed E-state index contributed by atoms with van der Waals surface area (Å²) in [5.74, 6) is 2.12. The largest absolute Gasteiger partial charge is 0.497 e. The van der Waals surface area contributed by atoms with Gasteiger partial charge in [0, 0.05) is 29.8 Å². The first-order valence-corrected chi connectivity index (χ1v) is 10.2. The Balaban J connectivity index is 1.75. The summed E-state index contributed by atoms with van der Waals surface area (Å²) in [6.07, 6.45) is 1.28. The van der Waals surface area contributed by atoms with Gasteiger partial charge < -0.3 is 14.2 Å². The van der Waals surface area contributed by atoms with E-state index in [9.17, 15) is 10.1 Å².